The maximum absolute atomic E-state index is 5.59. The van der Waals surface area contributed by atoms with Crippen LogP contribution in [0.25, 0.3) is 0 Å². The molecular weight excluding hydrogens is 188 g/mol. The first-order valence-corrected chi connectivity index (χ1v) is 5.51. The number of benzene rings is 1. The molecule has 0 saturated heterocycles. The van der Waals surface area contributed by atoms with E-state index < -0.39 is 0 Å². The van der Waals surface area contributed by atoms with Crippen LogP contribution in [0.5, 0.6) is 5.75 Å². The van der Waals surface area contributed by atoms with Gasteiger partial charge in [-0.2, -0.15) is 0 Å². The number of anilines is 1. The third-order valence-corrected chi connectivity index (χ3v) is 2.77. The summed E-state index contributed by atoms with van der Waals surface area (Å²) in [7, 11) is 1.99. The molecule has 0 aliphatic carbocycles. The minimum absolute atomic E-state index is 0.561. The molecule has 1 aromatic carbocycles. The van der Waals surface area contributed by atoms with Crippen LogP contribution in [-0.2, 0) is 0 Å². The quantitative estimate of drug-likeness (QED) is 0.788. The Bertz CT molecular complexity index is 338. The maximum atomic E-state index is 5.59. The first-order chi connectivity index (χ1) is 7.36. The Hall–Kier alpha value is -1.22. The molecule has 0 amide bonds. The zero-order chi connectivity index (χ0) is 10.7. The Kier molecular flexibility index (Phi) is 3.11. The van der Waals surface area contributed by atoms with E-state index in [2.05, 4.69) is 22.8 Å². The van der Waals surface area contributed by atoms with Gasteiger partial charge in [-0.05, 0) is 25.6 Å². The molecule has 1 atom stereocenters. The van der Waals surface area contributed by atoms with Crippen LogP contribution < -0.4 is 15.4 Å². The van der Waals surface area contributed by atoms with Crippen molar-refractivity contribution in [3.63, 3.8) is 0 Å². The summed E-state index contributed by atoms with van der Waals surface area (Å²) in [5, 5.41) is 6.64. The van der Waals surface area contributed by atoms with Crippen molar-refractivity contribution in [2.24, 2.45) is 0 Å². The van der Waals surface area contributed by atoms with Crippen LogP contribution in [0.4, 0.5) is 5.69 Å². The van der Waals surface area contributed by atoms with Gasteiger partial charge in [0.25, 0.3) is 0 Å². The summed E-state index contributed by atoms with van der Waals surface area (Å²) >= 11 is 0. The summed E-state index contributed by atoms with van der Waals surface area (Å²) in [6, 6.07) is 6.27. The molecule has 3 heteroatoms. The highest BCUT2D eigenvalue weighted by molar-refractivity contribution is 5.66. The molecule has 0 spiro atoms. The van der Waals surface area contributed by atoms with Crippen molar-refractivity contribution >= 4 is 5.69 Å². The fourth-order valence-electron chi connectivity index (χ4n) is 2.12. The molecule has 1 heterocycles. The summed E-state index contributed by atoms with van der Waals surface area (Å²) in [4.78, 5) is 0. The molecule has 2 N–H and O–H groups in total. The van der Waals surface area contributed by atoms with Gasteiger partial charge in [0.2, 0.25) is 0 Å². The van der Waals surface area contributed by atoms with E-state index in [4.69, 9.17) is 4.74 Å². The summed E-state index contributed by atoms with van der Waals surface area (Å²) in [6.07, 6.45) is 0. The van der Waals surface area contributed by atoms with Crippen LogP contribution in [0.1, 0.15) is 18.4 Å². The Morgan fingerprint density at radius 2 is 2.40 bits per heavy atom. The Morgan fingerprint density at radius 3 is 3.13 bits per heavy atom. The molecule has 1 aliphatic rings. The van der Waals surface area contributed by atoms with Gasteiger partial charge in [0.15, 0.2) is 0 Å². The lowest BCUT2D eigenvalue weighted by molar-refractivity contribution is 0.342. The molecule has 3 nitrogen and oxygen atoms in total. The summed E-state index contributed by atoms with van der Waals surface area (Å²) in [5.41, 5.74) is 2.55. The zero-order valence-corrected chi connectivity index (χ0v) is 9.34. The van der Waals surface area contributed by atoms with Gasteiger partial charge < -0.3 is 15.4 Å². The zero-order valence-electron chi connectivity index (χ0n) is 9.34. The lowest BCUT2D eigenvalue weighted by Gasteiger charge is -2.10. The predicted molar refractivity (Wildman–Crippen MR) is 62.8 cm³/mol. The van der Waals surface area contributed by atoms with Crippen LogP contribution in [0.2, 0.25) is 0 Å². The molecule has 0 aromatic heterocycles. The average molecular weight is 206 g/mol. The van der Waals surface area contributed by atoms with E-state index in [1.165, 1.54) is 11.3 Å². The van der Waals surface area contributed by atoms with Crippen LogP contribution in [0.15, 0.2) is 18.2 Å². The molecular formula is C12H18N2O. The van der Waals surface area contributed by atoms with E-state index in [1.807, 2.05) is 20.0 Å². The monoisotopic (exact) mass is 206 g/mol. The molecule has 0 fully saturated rings. The van der Waals surface area contributed by atoms with Crippen molar-refractivity contribution in [3.8, 4) is 5.75 Å². The van der Waals surface area contributed by atoms with Crippen molar-refractivity contribution in [2.45, 2.75) is 12.8 Å². The van der Waals surface area contributed by atoms with E-state index in [-0.39, 0.29) is 0 Å². The third kappa shape index (κ3) is 1.92. The fraction of sp³-hybridized carbons (Fsp3) is 0.500. The Balaban J connectivity index is 2.26. The number of likely N-dealkylation sites (N-methyl/N-ethyl adjacent to an activating group) is 1. The van der Waals surface area contributed by atoms with E-state index in [1.54, 1.807) is 0 Å². The Morgan fingerprint density at radius 1 is 1.53 bits per heavy atom. The van der Waals surface area contributed by atoms with E-state index >= 15 is 0 Å². The number of hydrogen-bond donors (Lipinski definition) is 2. The molecule has 2 rings (SSSR count). The molecule has 1 aromatic rings. The van der Waals surface area contributed by atoms with Crippen molar-refractivity contribution in [2.75, 3.05) is 32.1 Å². The minimum atomic E-state index is 0.561. The first-order valence-electron chi connectivity index (χ1n) is 5.51. The molecule has 15 heavy (non-hydrogen) atoms. The van der Waals surface area contributed by atoms with Gasteiger partial charge in [-0.25, -0.2) is 0 Å². The van der Waals surface area contributed by atoms with Gasteiger partial charge in [-0.3, -0.25) is 0 Å². The highest BCUT2D eigenvalue weighted by atomic mass is 16.5. The number of ether oxygens (including phenoxy) is 1. The standard InChI is InChI=1S/C12H18N2O/c1-3-15-11-6-4-5-10-9(7-13-2)8-14-12(10)11/h4-6,9,13-14H,3,7-8H2,1-2H3. The number of hydrogen-bond acceptors (Lipinski definition) is 3. The highest BCUT2D eigenvalue weighted by Crippen LogP contribution is 2.38. The minimum Gasteiger partial charge on any atom is -0.492 e. The SMILES string of the molecule is CCOc1cccc2c1NCC2CNC. The third-order valence-electron chi connectivity index (χ3n) is 2.77. The largest absolute Gasteiger partial charge is 0.492 e. The maximum Gasteiger partial charge on any atom is 0.142 e. The number of rotatable bonds is 4. The molecule has 0 bridgehead atoms. The van der Waals surface area contributed by atoms with Gasteiger partial charge in [-0.1, -0.05) is 12.1 Å². The van der Waals surface area contributed by atoms with E-state index in [0.717, 1.165) is 25.4 Å². The van der Waals surface area contributed by atoms with Crippen molar-refractivity contribution in [1.82, 2.24) is 5.32 Å². The molecule has 82 valence electrons. The summed E-state index contributed by atoms with van der Waals surface area (Å²) in [5.74, 6) is 1.54. The van der Waals surface area contributed by atoms with Crippen molar-refractivity contribution < 1.29 is 4.74 Å². The summed E-state index contributed by atoms with van der Waals surface area (Å²) < 4.78 is 5.59. The van der Waals surface area contributed by atoms with E-state index in [0.29, 0.717) is 5.92 Å². The van der Waals surface area contributed by atoms with Crippen molar-refractivity contribution in [1.29, 1.82) is 0 Å². The van der Waals surface area contributed by atoms with E-state index in [9.17, 15) is 0 Å². The normalized spacial score (nSPS) is 18.4. The lowest BCUT2D eigenvalue weighted by Crippen LogP contribution is -2.18. The number of nitrogens with one attached hydrogen (secondary N) is 2. The lowest BCUT2D eigenvalue weighted by atomic mass is 10.0. The molecule has 1 aliphatic heterocycles. The summed E-state index contributed by atoms with van der Waals surface area (Å²) in [6.45, 7) is 4.74. The second-order valence-corrected chi connectivity index (χ2v) is 3.79. The number of fused-ring (bicyclic) bond motifs is 1. The van der Waals surface area contributed by atoms with Gasteiger partial charge in [0.1, 0.15) is 5.75 Å². The molecule has 1 unspecified atom stereocenters. The molecule has 0 saturated carbocycles. The number of para-hydroxylation sites is 1. The highest BCUT2D eigenvalue weighted by Gasteiger charge is 2.23. The van der Waals surface area contributed by atoms with Gasteiger partial charge in [-0.15, -0.1) is 0 Å². The van der Waals surface area contributed by atoms with Crippen LogP contribution in [0, 0.1) is 0 Å². The smallest absolute Gasteiger partial charge is 0.142 e. The Labute approximate surface area is 90.8 Å². The topological polar surface area (TPSA) is 33.3 Å². The second-order valence-electron chi connectivity index (χ2n) is 3.79. The predicted octanol–water partition coefficient (Wildman–Crippen LogP) is 1.81. The average Bonchev–Trinajstić information content (AvgIpc) is 2.64. The van der Waals surface area contributed by atoms with Gasteiger partial charge >= 0.3 is 0 Å². The van der Waals surface area contributed by atoms with Crippen molar-refractivity contribution in [3.05, 3.63) is 23.8 Å². The van der Waals surface area contributed by atoms with Crippen LogP contribution in [-0.4, -0.2) is 26.7 Å². The first kappa shape index (κ1) is 10.3. The van der Waals surface area contributed by atoms with Crippen LogP contribution in [0.3, 0.4) is 0 Å². The van der Waals surface area contributed by atoms with Gasteiger partial charge in [0.05, 0.1) is 12.3 Å². The van der Waals surface area contributed by atoms with Gasteiger partial charge in [0, 0.05) is 19.0 Å². The second kappa shape index (κ2) is 4.53. The fourth-order valence-corrected chi connectivity index (χ4v) is 2.12. The molecule has 0 radical (unpaired) electrons. The van der Waals surface area contributed by atoms with Crippen LogP contribution >= 0.6 is 0 Å².